The van der Waals surface area contributed by atoms with E-state index in [1.54, 1.807) is 7.11 Å². The summed E-state index contributed by atoms with van der Waals surface area (Å²) in [5.41, 5.74) is 2.85. The minimum Gasteiger partial charge on any atom is -0.495 e. The van der Waals surface area contributed by atoms with Crippen LogP contribution in [0.15, 0.2) is 18.2 Å². The number of amides is 1. The Bertz CT molecular complexity index is 663. The lowest BCUT2D eigenvalue weighted by molar-refractivity contribution is -0.116. The number of hydrogen-bond donors (Lipinski definition) is 2. The summed E-state index contributed by atoms with van der Waals surface area (Å²) in [5.74, 6) is 0.587. The predicted molar refractivity (Wildman–Crippen MR) is 91.0 cm³/mol. The molecule has 5 nitrogen and oxygen atoms in total. The first-order valence-corrected chi connectivity index (χ1v) is 7.88. The molecule has 22 heavy (non-hydrogen) atoms. The fourth-order valence-corrected chi connectivity index (χ4v) is 2.79. The monoisotopic (exact) mass is 319 g/mol. The second kappa shape index (κ2) is 6.79. The number of hydrogen-bond acceptors (Lipinski definition) is 5. The molecule has 2 aromatic rings. The van der Waals surface area contributed by atoms with E-state index in [-0.39, 0.29) is 5.91 Å². The molecule has 1 heterocycles. The number of thiazole rings is 1. The molecular weight excluding hydrogens is 298 g/mol. The molecule has 0 bridgehead atoms. The lowest BCUT2D eigenvalue weighted by Gasteiger charge is -2.17. The van der Waals surface area contributed by atoms with Crippen molar-refractivity contribution in [1.29, 1.82) is 0 Å². The normalized spacial score (nSPS) is 11.9. The molecule has 1 aromatic carbocycles. The molecule has 0 aliphatic rings. The van der Waals surface area contributed by atoms with Crippen molar-refractivity contribution in [1.82, 2.24) is 4.98 Å². The van der Waals surface area contributed by atoms with Crippen LogP contribution in [0, 0.1) is 20.8 Å². The summed E-state index contributed by atoms with van der Waals surface area (Å²) in [6.45, 7) is 7.73. The van der Waals surface area contributed by atoms with Gasteiger partial charge in [0.1, 0.15) is 11.8 Å². The van der Waals surface area contributed by atoms with Crippen molar-refractivity contribution < 1.29 is 9.53 Å². The van der Waals surface area contributed by atoms with Crippen LogP contribution in [0.1, 0.15) is 23.1 Å². The van der Waals surface area contributed by atoms with Crippen molar-refractivity contribution in [3.8, 4) is 5.75 Å². The molecule has 6 heteroatoms. The number of carbonyl (C=O) groups excluding carboxylic acids is 1. The van der Waals surface area contributed by atoms with E-state index in [0.717, 1.165) is 21.8 Å². The third kappa shape index (κ3) is 3.76. The molecule has 0 aliphatic carbocycles. The Morgan fingerprint density at radius 2 is 2.05 bits per heavy atom. The number of aryl methyl sites for hydroxylation is 3. The molecule has 1 amide bonds. The van der Waals surface area contributed by atoms with Crippen LogP contribution in [0.3, 0.4) is 0 Å². The molecule has 1 aromatic heterocycles. The van der Waals surface area contributed by atoms with Crippen molar-refractivity contribution >= 4 is 28.1 Å². The first kappa shape index (κ1) is 16.3. The summed E-state index contributed by atoms with van der Waals surface area (Å²) in [4.78, 5) is 17.7. The zero-order valence-corrected chi connectivity index (χ0v) is 14.3. The highest BCUT2D eigenvalue weighted by Crippen LogP contribution is 2.26. The lowest BCUT2D eigenvalue weighted by atomic mass is 10.2. The van der Waals surface area contributed by atoms with Gasteiger partial charge in [0.25, 0.3) is 0 Å². The van der Waals surface area contributed by atoms with Crippen LogP contribution in [0.4, 0.5) is 10.8 Å². The zero-order valence-electron chi connectivity index (χ0n) is 13.5. The van der Waals surface area contributed by atoms with E-state index in [2.05, 4.69) is 15.6 Å². The maximum atomic E-state index is 12.3. The second-order valence-corrected chi connectivity index (χ2v) is 6.42. The SMILES string of the molecule is COc1ccc(C)cc1N[C@@H](C)C(=O)Nc1nc(C)c(C)s1. The Morgan fingerprint density at radius 1 is 1.32 bits per heavy atom. The number of rotatable bonds is 5. The van der Waals surface area contributed by atoms with E-state index in [1.807, 2.05) is 45.9 Å². The zero-order chi connectivity index (χ0) is 16.3. The molecule has 0 fully saturated rings. The van der Waals surface area contributed by atoms with E-state index < -0.39 is 6.04 Å². The summed E-state index contributed by atoms with van der Waals surface area (Å²) >= 11 is 1.48. The fraction of sp³-hybridized carbons (Fsp3) is 0.375. The molecule has 0 unspecified atom stereocenters. The number of nitrogens with one attached hydrogen (secondary N) is 2. The number of nitrogens with zero attached hydrogens (tertiary/aromatic N) is 1. The number of carbonyl (C=O) groups is 1. The highest BCUT2D eigenvalue weighted by Gasteiger charge is 2.16. The van der Waals surface area contributed by atoms with E-state index in [9.17, 15) is 4.79 Å². The summed E-state index contributed by atoms with van der Waals surface area (Å²) in [7, 11) is 1.61. The first-order chi connectivity index (χ1) is 10.4. The van der Waals surface area contributed by atoms with E-state index >= 15 is 0 Å². The quantitative estimate of drug-likeness (QED) is 0.885. The Labute approximate surface area is 134 Å². The second-order valence-electron chi connectivity index (χ2n) is 5.22. The number of anilines is 2. The lowest BCUT2D eigenvalue weighted by Crippen LogP contribution is -2.32. The molecule has 2 rings (SSSR count). The summed E-state index contributed by atoms with van der Waals surface area (Å²) in [6, 6.07) is 5.41. The van der Waals surface area contributed by atoms with Gasteiger partial charge >= 0.3 is 0 Å². The number of methoxy groups -OCH3 is 1. The Morgan fingerprint density at radius 3 is 2.64 bits per heavy atom. The molecule has 118 valence electrons. The number of benzene rings is 1. The van der Waals surface area contributed by atoms with Crippen molar-refractivity contribution in [3.05, 3.63) is 34.3 Å². The number of ether oxygens (including phenoxy) is 1. The summed E-state index contributed by atoms with van der Waals surface area (Å²) in [5, 5.41) is 6.65. The van der Waals surface area contributed by atoms with Gasteiger partial charge in [-0.15, -0.1) is 11.3 Å². The van der Waals surface area contributed by atoms with Gasteiger partial charge in [0.2, 0.25) is 5.91 Å². The van der Waals surface area contributed by atoms with Crippen LogP contribution >= 0.6 is 11.3 Å². The van der Waals surface area contributed by atoms with E-state index in [4.69, 9.17) is 4.74 Å². The average molecular weight is 319 g/mol. The van der Waals surface area contributed by atoms with Crippen LogP contribution in [0.5, 0.6) is 5.75 Å². The summed E-state index contributed by atoms with van der Waals surface area (Å²) < 4.78 is 5.31. The number of aromatic nitrogens is 1. The molecule has 0 spiro atoms. The first-order valence-electron chi connectivity index (χ1n) is 7.06. The Kier molecular flexibility index (Phi) is 5.03. The van der Waals surface area contributed by atoms with Crippen molar-refractivity contribution in [3.63, 3.8) is 0 Å². The van der Waals surface area contributed by atoms with Gasteiger partial charge in [-0.1, -0.05) is 6.07 Å². The molecule has 1 atom stereocenters. The minimum atomic E-state index is -0.403. The van der Waals surface area contributed by atoms with Gasteiger partial charge < -0.3 is 15.4 Å². The highest BCUT2D eigenvalue weighted by molar-refractivity contribution is 7.15. The third-order valence-corrected chi connectivity index (χ3v) is 4.37. The van der Waals surface area contributed by atoms with E-state index in [1.165, 1.54) is 11.3 Å². The van der Waals surface area contributed by atoms with Gasteiger partial charge in [-0.05, 0) is 45.4 Å². The van der Waals surface area contributed by atoms with Crippen LogP contribution in [0.25, 0.3) is 0 Å². The third-order valence-electron chi connectivity index (χ3n) is 3.38. The van der Waals surface area contributed by atoms with E-state index in [0.29, 0.717) is 10.9 Å². The summed E-state index contributed by atoms with van der Waals surface area (Å²) in [6.07, 6.45) is 0. The molecular formula is C16H21N3O2S. The van der Waals surface area contributed by atoms with Crippen LogP contribution in [-0.2, 0) is 4.79 Å². The molecule has 2 N–H and O–H groups in total. The fourth-order valence-electron chi connectivity index (χ4n) is 1.97. The van der Waals surface area contributed by atoms with Gasteiger partial charge in [0.15, 0.2) is 5.13 Å². The molecule has 0 radical (unpaired) electrons. The molecule has 0 saturated carbocycles. The van der Waals surface area contributed by atoms with Crippen molar-refractivity contribution in [2.45, 2.75) is 33.7 Å². The van der Waals surface area contributed by atoms with Gasteiger partial charge in [-0.3, -0.25) is 4.79 Å². The molecule has 0 saturated heterocycles. The van der Waals surface area contributed by atoms with Gasteiger partial charge in [0, 0.05) is 4.88 Å². The largest absolute Gasteiger partial charge is 0.495 e. The maximum Gasteiger partial charge on any atom is 0.248 e. The van der Waals surface area contributed by atoms with Gasteiger partial charge in [0.05, 0.1) is 18.5 Å². The Balaban J connectivity index is 2.06. The van der Waals surface area contributed by atoms with Crippen LogP contribution in [0.2, 0.25) is 0 Å². The van der Waals surface area contributed by atoms with Crippen LogP contribution in [-0.4, -0.2) is 24.0 Å². The standard InChI is InChI=1S/C16H21N3O2S/c1-9-6-7-14(21-5)13(8-9)17-11(3)15(20)19-16-18-10(2)12(4)22-16/h6-8,11,17H,1-5H3,(H,18,19,20)/t11-/m0/s1. The smallest absolute Gasteiger partial charge is 0.248 e. The maximum absolute atomic E-state index is 12.3. The van der Waals surface area contributed by atoms with Gasteiger partial charge in [-0.2, -0.15) is 0 Å². The Hall–Kier alpha value is -2.08. The molecule has 0 aliphatic heterocycles. The average Bonchev–Trinajstić information content (AvgIpc) is 2.77. The van der Waals surface area contributed by atoms with Crippen molar-refractivity contribution in [2.24, 2.45) is 0 Å². The highest BCUT2D eigenvalue weighted by atomic mass is 32.1. The van der Waals surface area contributed by atoms with Crippen molar-refractivity contribution in [2.75, 3.05) is 17.7 Å². The topological polar surface area (TPSA) is 63.2 Å². The minimum absolute atomic E-state index is 0.127. The van der Waals surface area contributed by atoms with Gasteiger partial charge in [-0.25, -0.2) is 4.98 Å². The van der Waals surface area contributed by atoms with Crippen LogP contribution < -0.4 is 15.4 Å². The predicted octanol–water partition coefficient (Wildman–Crippen LogP) is 3.52.